The third-order valence-electron chi connectivity index (χ3n) is 1.56. The Labute approximate surface area is 63.3 Å². The Hall–Kier alpha value is -1.71. The number of pyridine rings is 1. The standard InChI is InChI=1S/C7H6N4/c8-6-4-2-1-3-10-5(4)7(9)11-6/h1-3H,(H3,8,9,11). The maximum Gasteiger partial charge on any atom is 0.150 e. The Morgan fingerprint density at radius 3 is 2.82 bits per heavy atom. The van der Waals surface area contributed by atoms with Crippen molar-refractivity contribution in [2.75, 3.05) is 0 Å². The van der Waals surface area contributed by atoms with Gasteiger partial charge in [-0.25, -0.2) is 0 Å². The van der Waals surface area contributed by atoms with Crippen LogP contribution in [-0.2, 0) is 0 Å². The fourth-order valence-electron chi connectivity index (χ4n) is 1.06. The molecule has 0 aliphatic carbocycles. The first-order chi connectivity index (χ1) is 5.29. The number of fused-ring (bicyclic) bond motifs is 1. The van der Waals surface area contributed by atoms with E-state index in [9.17, 15) is 0 Å². The van der Waals surface area contributed by atoms with Gasteiger partial charge in [0.25, 0.3) is 0 Å². The highest BCUT2D eigenvalue weighted by Crippen LogP contribution is 2.10. The van der Waals surface area contributed by atoms with Crippen LogP contribution in [0.15, 0.2) is 18.3 Å². The summed E-state index contributed by atoms with van der Waals surface area (Å²) in [6, 6.07) is 3.53. The van der Waals surface area contributed by atoms with Gasteiger partial charge in [-0.15, -0.1) is 0 Å². The van der Waals surface area contributed by atoms with E-state index in [1.165, 1.54) is 0 Å². The number of aromatic nitrogens is 1. The molecule has 1 aliphatic heterocycles. The topological polar surface area (TPSA) is 72.6 Å². The minimum atomic E-state index is 0.214. The molecule has 2 heterocycles. The highest BCUT2D eigenvalue weighted by Gasteiger charge is 2.20. The van der Waals surface area contributed by atoms with Crippen LogP contribution in [0.4, 0.5) is 0 Å². The molecular weight excluding hydrogens is 140 g/mol. The Morgan fingerprint density at radius 1 is 1.27 bits per heavy atom. The summed E-state index contributed by atoms with van der Waals surface area (Å²) in [4.78, 5) is 3.96. The lowest BCUT2D eigenvalue weighted by Crippen LogP contribution is -2.20. The van der Waals surface area contributed by atoms with Crippen molar-refractivity contribution in [3.05, 3.63) is 29.6 Å². The molecule has 0 spiro atoms. The number of amidine groups is 2. The Balaban J connectivity index is 2.69. The number of hydrogen-bond acceptors (Lipinski definition) is 3. The summed E-state index contributed by atoms with van der Waals surface area (Å²) < 4.78 is 0. The Kier molecular flexibility index (Phi) is 1.03. The fraction of sp³-hybridized carbons (Fsp3) is 0. The second kappa shape index (κ2) is 1.88. The second-order valence-electron chi connectivity index (χ2n) is 2.27. The molecule has 0 saturated heterocycles. The van der Waals surface area contributed by atoms with Crippen LogP contribution < -0.4 is 5.32 Å². The first-order valence-corrected chi connectivity index (χ1v) is 3.19. The molecule has 0 aromatic carbocycles. The van der Waals surface area contributed by atoms with Gasteiger partial charge in [-0.05, 0) is 12.1 Å². The number of hydrogen-bond donors (Lipinski definition) is 3. The highest BCUT2D eigenvalue weighted by molar-refractivity contribution is 6.22. The summed E-state index contributed by atoms with van der Waals surface area (Å²) in [6.45, 7) is 0. The van der Waals surface area contributed by atoms with Crippen LogP contribution in [0.1, 0.15) is 11.3 Å². The molecule has 4 nitrogen and oxygen atoms in total. The minimum Gasteiger partial charge on any atom is -0.324 e. The summed E-state index contributed by atoms with van der Waals surface area (Å²) in [7, 11) is 0. The van der Waals surface area contributed by atoms with E-state index >= 15 is 0 Å². The van der Waals surface area contributed by atoms with Crippen LogP contribution in [0.2, 0.25) is 0 Å². The van der Waals surface area contributed by atoms with E-state index in [1.807, 2.05) is 0 Å². The predicted molar refractivity (Wildman–Crippen MR) is 41.0 cm³/mol. The fourth-order valence-corrected chi connectivity index (χ4v) is 1.06. The highest BCUT2D eigenvalue weighted by atomic mass is 15.0. The summed E-state index contributed by atoms with van der Waals surface area (Å²) in [6.07, 6.45) is 1.62. The molecule has 1 aliphatic rings. The van der Waals surface area contributed by atoms with Crippen molar-refractivity contribution in [1.82, 2.24) is 10.3 Å². The van der Waals surface area contributed by atoms with Gasteiger partial charge < -0.3 is 5.32 Å². The SMILES string of the molecule is N=C1NC(=N)c2ncccc21. The molecule has 2 rings (SSSR count). The zero-order chi connectivity index (χ0) is 7.84. The molecule has 54 valence electrons. The number of rotatable bonds is 0. The van der Waals surface area contributed by atoms with Crippen LogP contribution in [0.25, 0.3) is 0 Å². The van der Waals surface area contributed by atoms with E-state index in [0.29, 0.717) is 11.3 Å². The molecule has 4 heteroatoms. The van der Waals surface area contributed by atoms with Gasteiger partial charge in [0, 0.05) is 11.8 Å². The van der Waals surface area contributed by atoms with Crippen LogP contribution in [0, 0.1) is 10.8 Å². The first kappa shape index (κ1) is 6.03. The lowest BCUT2D eigenvalue weighted by Gasteiger charge is -1.90. The van der Waals surface area contributed by atoms with Crippen molar-refractivity contribution in [3.8, 4) is 0 Å². The Bertz CT molecular complexity index is 309. The molecule has 0 atom stereocenters. The van der Waals surface area contributed by atoms with Crippen LogP contribution in [-0.4, -0.2) is 16.7 Å². The average molecular weight is 146 g/mol. The molecule has 11 heavy (non-hydrogen) atoms. The van der Waals surface area contributed by atoms with Gasteiger partial charge in [-0.2, -0.15) is 0 Å². The van der Waals surface area contributed by atoms with Crippen LogP contribution >= 0.6 is 0 Å². The van der Waals surface area contributed by atoms with Crippen molar-refractivity contribution < 1.29 is 0 Å². The molecule has 1 aromatic rings. The van der Waals surface area contributed by atoms with Gasteiger partial charge in [-0.3, -0.25) is 15.8 Å². The normalized spacial score (nSPS) is 14.5. The first-order valence-electron chi connectivity index (χ1n) is 3.19. The zero-order valence-electron chi connectivity index (χ0n) is 5.68. The van der Waals surface area contributed by atoms with Gasteiger partial charge in [0.2, 0.25) is 0 Å². The van der Waals surface area contributed by atoms with Crippen molar-refractivity contribution >= 4 is 11.7 Å². The predicted octanol–water partition coefficient (Wildman–Crippen LogP) is 0.336. The monoisotopic (exact) mass is 146 g/mol. The maximum absolute atomic E-state index is 7.37. The van der Waals surface area contributed by atoms with E-state index in [4.69, 9.17) is 10.8 Å². The third kappa shape index (κ3) is 0.724. The molecule has 0 amide bonds. The summed E-state index contributed by atoms with van der Waals surface area (Å²) in [5.41, 5.74) is 1.27. The third-order valence-corrected chi connectivity index (χ3v) is 1.56. The van der Waals surface area contributed by atoms with Crippen molar-refractivity contribution in [2.45, 2.75) is 0 Å². The second-order valence-corrected chi connectivity index (χ2v) is 2.27. The molecule has 1 aromatic heterocycles. The zero-order valence-corrected chi connectivity index (χ0v) is 5.68. The van der Waals surface area contributed by atoms with E-state index in [2.05, 4.69) is 10.3 Å². The molecule has 0 saturated carbocycles. The lowest BCUT2D eigenvalue weighted by molar-refractivity contribution is 1.25. The molecule has 3 N–H and O–H groups in total. The summed E-state index contributed by atoms with van der Waals surface area (Å²) in [5.74, 6) is 0.476. The van der Waals surface area contributed by atoms with E-state index in [0.717, 1.165) is 0 Å². The number of nitrogens with zero attached hydrogens (tertiary/aromatic N) is 1. The molecular formula is C7H6N4. The average Bonchev–Trinajstić information content (AvgIpc) is 2.30. The minimum absolute atomic E-state index is 0.214. The van der Waals surface area contributed by atoms with E-state index < -0.39 is 0 Å². The largest absolute Gasteiger partial charge is 0.324 e. The van der Waals surface area contributed by atoms with Crippen molar-refractivity contribution in [2.24, 2.45) is 0 Å². The van der Waals surface area contributed by atoms with Crippen LogP contribution in [0.5, 0.6) is 0 Å². The van der Waals surface area contributed by atoms with Gasteiger partial charge in [0.05, 0.1) is 0 Å². The van der Waals surface area contributed by atoms with E-state index in [1.54, 1.807) is 18.3 Å². The van der Waals surface area contributed by atoms with Crippen molar-refractivity contribution in [1.29, 1.82) is 10.8 Å². The smallest absolute Gasteiger partial charge is 0.150 e. The van der Waals surface area contributed by atoms with Crippen molar-refractivity contribution in [3.63, 3.8) is 0 Å². The van der Waals surface area contributed by atoms with Gasteiger partial charge >= 0.3 is 0 Å². The molecule has 0 radical (unpaired) electrons. The Morgan fingerprint density at radius 2 is 2.09 bits per heavy atom. The lowest BCUT2D eigenvalue weighted by atomic mass is 10.2. The molecule has 0 bridgehead atoms. The van der Waals surface area contributed by atoms with Crippen LogP contribution in [0.3, 0.4) is 0 Å². The van der Waals surface area contributed by atoms with Gasteiger partial charge in [0.1, 0.15) is 11.5 Å². The summed E-state index contributed by atoms with van der Waals surface area (Å²) >= 11 is 0. The van der Waals surface area contributed by atoms with Gasteiger partial charge in [0.15, 0.2) is 5.84 Å². The maximum atomic E-state index is 7.37. The van der Waals surface area contributed by atoms with Gasteiger partial charge in [-0.1, -0.05) is 0 Å². The molecule has 0 unspecified atom stereocenters. The summed E-state index contributed by atoms with van der Waals surface area (Å²) in [5, 5.41) is 17.3. The molecule has 0 fully saturated rings. The quantitative estimate of drug-likeness (QED) is 0.493. The van der Waals surface area contributed by atoms with E-state index in [-0.39, 0.29) is 11.7 Å². The number of nitrogens with one attached hydrogen (secondary N) is 3.